The number of pyridine rings is 1. The summed E-state index contributed by atoms with van der Waals surface area (Å²) in [7, 11) is 0. The average molecular weight is 412 g/mol. The number of hydrogen-bond donors (Lipinski definition) is 1. The van der Waals surface area contributed by atoms with Crippen molar-refractivity contribution in [3.63, 3.8) is 0 Å². The third-order valence-corrected chi connectivity index (χ3v) is 5.12. The molecule has 160 valence electrons. The van der Waals surface area contributed by atoms with Gasteiger partial charge >= 0.3 is 0 Å². The van der Waals surface area contributed by atoms with Crippen LogP contribution in [0, 0.1) is 0 Å². The van der Waals surface area contributed by atoms with Crippen molar-refractivity contribution in [3.05, 3.63) is 69.6 Å². The lowest BCUT2D eigenvalue weighted by Crippen LogP contribution is -2.49. The summed E-state index contributed by atoms with van der Waals surface area (Å²) in [5.74, 6) is -0.856. The lowest BCUT2D eigenvalue weighted by Gasteiger charge is -2.35. The molecule has 1 aliphatic rings. The van der Waals surface area contributed by atoms with Crippen molar-refractivity contribution >= 4 is 11.8 Å². The molecule has 7 heteroatoms. The number of nitrogens with one attached hydrogen (secondary N) is 1. The number of amides is 2. The van der Waals surface area contributed by atoms with Crippen LogP contribution < -0.4 is 10.7 Å². The first kappa shape index (κ1) is 21.8. The predicted molar refractivity (Wildman–Crippen MR) is 115 cm³/mol. The molecule has 1 aromatic carbocycles. The molecule has 0 unspecified atom stereocenters. The number of hydrogen-bond acceptors (Lipinski definition) is 4. The zero-order chi connectivity index (χ0) is 21.8. The quantitative estimate of drug-likeness (QED) is 0.820. The second-order valence-corrected chi connectivity index (χ2v) is 8.09. The van der Waals surface area contributed by atoms with E-state index in [1.807, 2.05) is 58.0 Å². The summed E-state index contributed by atoms with van der Waals surface area (Å²) in [6.07, 6.45) is 2.85. The van der Waals surface area contributed by atoms with Gasteiger partial charge in [0.25, 0.3) is 11.8 Å². The van der Waals surface area contributed by atoms with Gasteiger partial charge in [-0.1, -0.05) is 30.3 Å². The zero-order valence-electron chi connectivity index (χ0n) is 17.9. The molecule has 0 spiro atoms. The molecule has 3 rings (SSSR count). The molecule has 2 heterocycles. The number of carbonyl (C=O) groups excluding carboxylic acids is 2. The monoisotopic (exact) mass is 411 g/mol. The minimum Gasteiger partial charge on any atom is -0.372 e. The number of carbonyl (C=O) groups is 2. The zero-order valence-corrected chi connectivity index (χ0v) is 17.9. The van der Waals surface area contributed by atoms with Crippen LogP contribution >= 0.6 is 0 Å². The standard InChI is InChI=1S/C23H29N3O4/c1-15(2)25-13-19(22(28)24-10-18-8-6-5-7-9-18)21(27)20(14-25)23(29)26-11-16(3)30-17(4)12-26/h5-9,13-17H,10-12H2,1-4H3,(H,24,28)/t16-,17+. The Bertz CT molecular complexity index is 958. The number of aromatic nitrogens is 1. The van der Waals surface area contributed by atoms with Crippen molar-refractivity contribution in [1.29, 1.82) is 0 Å². The van der Waals surface area contributed by atoms with E-state index in [0.29, 0.717) is 19.6 Å². The Kier molecular flexibility index (Phi) is 6.72. The minimum absolute atomic E-state index is 0.0114. The Morgan fingerprint density at radius 1 is 1.07 bits per heavy atom. The summed E-state index contributed by atoms with van der Waals surface area (Å²) < 4.78 is 7.42. The number of nitrogens with zero attached hydrogens (tertiary/aromatic N) is 2. The molecule has 1 saturated heterocycles. The van der Waals surface area contributed by atoms with Gasteiger partial charge < -0.3 is 19.5 Å². The third-order valence-electron chi connectivity index (χ3n) is 5.12. The van der Waals surface area contributed by atoms with Gasteiger partial charge in [0.2, 0.25) is 5.43 Å². The molecular weight excluding hydrogens is 382 g/mol. The number of morpholine rings is 1. The maximum Gasteiger partial charge on any atom is 0.259 e. The lowest BCUT2D eigenvalue weighted by atomic mass is 10.1. The van der Waals surface area contributed by atoms with Gasteiger partial charge in [-0.15, -0.1) is 0 Å². The smallest absolute Gasteiger partial charge is 0.259 e. The largest absolute Gasteiger partial charge is 0.372 e. The van der Waals surface area contributed by atoms with Crippen LogP contribution in [0.2, 0.25) is 0 Å². The lowest BCUT2D eigenvalue weighted by molar-refractivity contribution is -0.0586. The third kappa shape index (κ3) is 4.97. The van der Waals surface area contributed by atoms with Crippen LogP contribution in [0.3, 0.4) is 0 Å². The van der Waals surface area contributed by atoms with Crippen molar-refractivity contribution in [2.24, 2.45) is 0 Å². The van der Waals surface area contributed by atoms with Crippen LogP contribution in [0.5, 0.6) is 0 Å². The van der Waals surface area contributed by atoms with Gasteiger partial charge in [0, 0.05) is 38.1 Å². The van der Waals surface area contributed by atoms with E-state index in [1.165, 1.54) is 6.20 Å². The van der Waals surface area contributed by atoms with Crippen LogP contribution in [0.15, 0.2) is 47.5 Å². The predicted octanol–water partition coefficient (Wildman–Crippen LogP) is 2.61. The Hall–Kier alpha value is -2.93. The van der Waals surface area contributed by atoms with Gasteiger partial charge in [0.05, 0.1) is 12.2 Å². The highest BCUT2D eigenvalue weighted by molar-refractivity contribution is 5.99. The molecule has 0 bridgehead atoms. The average Bonchev–Trinajstić information content (AvgIpc) is 2.71. The topological polar surface area (TPSA) is 80.6 Å². The van der Waals surface area contributed by atoms with Crippen molar-refractivity contribution in [1.82, 2.24) is 14.8 Å². The molecule has 1 aliphatic heterocycles. The van der Waals surface area contributed by atoms with E-state index in [9.17, 15) is 14.4 Å². The fraction of sp³-hybridized carbons (Fsp3) is 0.435. The van der Waals surface area contributed by atoms with Gasteiger partial charge in [0.15, 0.2) is 0 Å². The number of ether oxygens (including phenoxy) is 1. The fourth-order valence-corrected chi connectivity index (χ4v) is 3.60. The van der Waals surface area contributed by atoms with E-state index in [1.54, 1.807) is 15.7 Å². The highest BCUT2D eigenvalue weighted by Gasteiger charge is 2.29. The molecule has 30 heavy (non-hydrogen) atoms. The Labute approximate surface area is 176 Å². The SMILES string of the molecule is CC(C)n1cc(C(=O)NCc2ccccc2)c(=O)c(C(=O)N2C[C@@H](C)O[C@@H](C)C2)c1. The second-order valence-electron chi connectivity index (χ2n) is 8.09. The Balaban J connectivity index is 1.90. The Morgan fingerprint density at radius 2 is 1.67 bits per heavy atom. The molecule has 2 atom stereocenters. The number of benzene rings is 1. The summed E-state index contributed by atoms with van der Waals surface area (Å²) in [6.45, 7) is 8.79. The first-order valence-electron chi connectivity index (χ1n) is 10.3. The molecule has 7 nitrogen and oxygen atoms in total. The van der Waals surface area contributed by atoms with Crippen LogP contribution in [0.25, 0.3) is 0 Å². The maximum atomic E-state index is 13.2. The summed E-state index contributed by atoms with van der Waals surface area (Å²) in [6, 6.07) is 9.45. The fourth-order valence-electron chi connectivity index (χ4n) is 3.60. The van der Waals surface area contributed by atoms with Crippen LogP contribution in [0.4, 0.5) is 0 Å². The molecule has 2 aromatic rings. The van der Waals surface area contributed by atoms with E-state index in [0.717, 1.165) is 5.56 Å². The normalized spacial score (nSPS) is 19.0. The summed E-state index contributed by atoms with van der Waals surface area (Å²) >= 11 is 0. The van der Waals surface area contributed by atoms with Gasteiger partial charge in [0.1, 0.15) is 11.1 Å². The molecule has 0 aliphatic carbocycles. The first-order chi connectivity index (χ1) is 14.3. The van der Waals surface area contributed by atoms with Crippen molar-refractivity contribution in [3.8, 4) is 0 Å². The van der Waals surface area contributed by atoms with Gasteiger partial charge in [-0.2, -0.15) is 0 Å². The van der Waals surface area contributed by atoms with Crippen LogP contribution in [-0.4, -0.2) is 46.6 Å². The summed E-state index contributed by atoms with van der Waals surface area (Å²) in [5.41, 5.74) is 0.366. The summed E-state index contributed by atoms with van der Waals surface area (Å²) in [5, 5.41) is 2.78. The Morgan fingerprint density at radius 3 is 2.27 bits per heavy atom. The minimum atomic E-state index is -0.547. The van der Waals surface area contributed by atoms with E-state index in [4.69, 9.17) is 4.74 Å². The van der Waals surface area contributed by atoms with Crippen molar-refractivity contribution < 1.29 is 14.3 Å². The molecule has 0 radical (unpaired) electrons. The van der Waals surface area contributed by atoms with E-state index in [-0.39, 0.29) is 35.3 Å². The van der Waals surface area contributed by atoms with E-state index in [2.05, 4.69) is 5.32 Å². The molecule has 2 amide bonds. The van der Waals surface area contributed by atoms with Gasteiger partial charge in [-0.05, 0) is 33.3 Å². The second kappa shape index (κ2) is 9.26. The molecule has 1 fully saturated rings. The van der Waals surface area contributed by atoms with Crippen LogP contribution in [-0.2, 0) is 11.3 Å². The maximum absolute atomic E-state index is 13.2. The highest BCUT2D eigenvalue weighted by Crippen LogP contribution is 2.15. The van der Waals surface area contributed by atoms with Crippen molar-refractivity contribution in [2.75, 3.05) is 13.1 Å². The molecule has 0 saturated carbocycles. The van der Waals surface area contributed by atoms with Crippen LogP contribution in [0.1, 0.15) is 60.0 Å². The van der Waals surface area contributed by atoms with Gasteiger partial charge in [-0.25, -0.2) is 0 Å². The number of rotatable bonds is 5. The molecular formula is C23H29N3O4. The van der Waals surface area contributed by atoms with Crippen molar-refractivity contribution in [2.45, 2.75) is 52.5 Å². The van der Waals surface area contributed by atoms with Gasteiger partial charge in [-0.3, -0.25) is 14.4 Å². The first-order valence-corrected chi connectivity index (χ1v) is 10.3. The highest BCUT2D eigenvalue weighted by atomic mass is 16.5. The van der Waals surface area contributed by atoms with E-state index < -0.39 is 11.3 Å². The van der Waals surface area contributed by atoms with E-state index >= 15 is 0 Å². The molecule has 1 N–H and O–H groups in total. The summed E-state index contributed by atoms with van der Waals surface area (Å²) in [4.78, 5) is 40.7. The molecule has 1 aromatic heterocycles.